The highest BCUT2D eigenvalue weighted by Crippen LogP contribution is 2.32. The van der Waals surface area contributed by atoms with Gasteiger partial charge in [0.05, 0.1) is 5.02 Å². The van der Waals surface area contributed by atoms with Crippen molar-refractivity contribution in [3.63, 3.8) is 0 Å². The van der Waals surface area contributed by atoms with Gasteiger partial charge in [0.1, 0.15) is 5.75 Å². The Hall–Kier alpha value is -1.10. The third-order valence-corrected chi connectivity index (χ3v) is 3.95. The first-order valence-electron chi connectivity index (χ1n) is 6.67. The van der Waals surface area contributed by atoms with Crippen molar-refractivity contribution in [3.05, 3.63) is 57.3 Å². The fourth-order valence-electron chi connectivity index (χ4n) is 1.92. The second kappa shape index (κ2) is 7.25. The average molecular weight is 373 g/mol. The zero-order valence-corrected chi connectivity index (χ0v) is 13.9. The van der Waals surface area contributed by atoms with Crippen LogP contribution in [0.4, 0.5) is 4.39 Å². The molecule has 1 unspecified atom stereocenters. The van der Waals surface area contributed by atoms with Gasteiger partial charge in [0.15, 0.2) is 11.6 Å². The van der Waals surface area contributed by atoms with Gasteiger partial charge in [0, 0.05) is 10.5 Å². The summed E-state index contributed by atoms with van der Waals surface area (Å²) in [5.74, 6) is 0.132. The maximum Gasteiger partial charge on any atom is 0.184 e. The van der Waals surface area contributed by atoms with Gasteiger partial charge in [-0.15, -0.1) is 0 Å². The number of benzene rings is 2. The van der Waals surface area contributed by atoms with E-state index in [1.165, 1.54) is 6.07 Å². The van der Waals surface area contributed by atoms with Crippen LogP contribution >= 0.6 is 27.5 Å². The van der Waals surface area contributed by atoms with Gasteiger partial charge in [0.25, 0.3) is 0 Å². The molecule has 0 fully saturated rings. The molecule has 21 heavy (non-hydrogen) atoms. The molecule has 0 amide bonds. The summed E-state index contributed by atoms with van der Waals surface area (Å²) in [7, 11) is 0. The number of hydrogen-bond acceptors (Lipinski definition) is 2. The van der Waals surface area contributed by atoms with E-state index in [9.17, 15) is 4.39 Å². The summed E-state index contributed by atoms with van der Waals surface area (Å²) in [6.07, 6.45) is 1.52. The van der Waals surface area contributed by atoms with Crippen molar-refractivity contribution in [2.24, 2.45) is 5.73 Å². The second-order valence-corrected chi connectivity index (χ2v) is 6.10. The highest BCUT2D eigenvalue weighted by atomic mass is 79.9. The van der Waals surface area contributed by atoms with E-state index in [0.29, 0.717) is 12.2 Å². The Kier molecular flexibility index (Phi) is 5.62. The van der Waals surface area contributed by atoms with Gasteiger partial charge in [-0.3, -0.25) is 0 Å². The minimum Gasteiger partial charge on any atom is -0.454 e. The lowest BCUT2D eigenvalue weighted by atomic mass is 10.0. The van der Waals surface area contributed by atoms with Gasteiger partial charge >= 0.3 is 0 Å². The van der Waals surface area contributed by atoms with E-state index in [2.05, 4.69) is 15.9 Å². The van der Waals surface area contributed by atoms with Gasteiger partial charge < -0.3 is 10.5 Å². The van der Waals surface area contributed by atoms with Crippen LogP contribution in [0.3, 0.4) is 0 Å². The van der Waals surface area contributed by atoms with E-state index in [-0.39, 0.29) is 16.8 Å². The quantitative estimate of drug-likeness (QED) is 0.771. The fourth-order valence-corrected chi connectivity index (χ4v) is 2.49. The van der Waals surface area contributed by atoms with Crippen molar-refractivity contribution < 1.29 is 9.13 Å². The normalized spacial score (nSPS) is 12.2. The van der Waals surface area contributed by atoms with E-state index in [1.54, 1.807) is 18.2 Å². The van der Waals surface area contributed by atoms with Crippen LogP contribution < -0.4 is 10.5 Å². The summed E-state index contributed by atoms with van der Waals surface area (Å²) in [5.41, 5.74) is 6.93. The first-order valence-corrected chi connectivity index (χ1v) is 7.84. The summed E-state index contributed by atoms with van der Waals surface area (Å²) >= 11 is 9.20. The Morgan fingerprint density at radius 3 is 2.76 bits per heavy atom. The number of ether oxygens (including phenoxy) is 1. The first kappa shape index (κ1) is 16.3. The number of halogens is 3. The molecule has 0 aliphatic heterocycles. The molecule has 0 aliphatic rings. The third kappa shape index (κ3) is 4.19. The molecule has 0 spiro atoms. The SMILES string of the molecule is CCC(N)Cc1cc(Br)ccc1Oc1cccc(Cl)c1F. The summed E-state index contributed by atoms with van der Waals surface area (Å²) < 4.78 is 20.6. The number of rotatable bonds is 5. The zero-order valence-electron chi connectivity index (χ0n) is 11.6. The zero-order chi connectivity index (χ0) is 15.4. The number of hydrogen-bond donors (Lipinski definition) is 1. The standard InChI is InChI=1S/C16H16BrClFNO/c1-2-12(20)9-10-8-11(17)6-7-14(10)21-15-5-3-4-13(18)16(15)19/h3-8,12H,2,9,20H2,1H3. The maximum atomic E-state index is 13.9. The molecular weight excluding hydrogens is 357 g/mol. The molecule has 0 heterocycles. The topological polar surface area (TPSA) is 35.2 Å². The van der Waals surface area contributed by atoms with Crippen LogP contribution in [0.5, 0.6) is 11.5 Å². The molecule has 2 rings (SSSR count). The van der Waals surface area contributed by atoms with E-state index >= 15 is 0 Å². The summed E-state index contributed by atoms with van der Waals surface area (Å²) in [6, 6.07) is 10.3. The Morgan fingerprint density at radius 1 is 1.29 bits per heavy atom. The highest BCUT2D eigenvalue weighted by molar-refractivity contribution is 9.10. The lowest BCUT2D eigenvalue weighted by Gasteiger charge is -2.15. The predicted octanol–water partition coefficient (Wildman–Crippen LogP) is 5.31. The van der Waals surface area contributed by atoms with Crippen LogP contribution in [0.15, 0.2) is 40.9 Å². The molecule has 5 heteroatoms. The largest absolute Gasteiger partial charge is 0.454 e. The van der Waals surface area contributed by atoms with Crippen molar-refractivity contribution in [2.75, 3.05) is 0 Å². The molecule has 0 aromatic heterocycles. The molecule has 1 atom stereocenters. The van der Waals surface area contributed by atoms with E-state index in [1.807, 2.05) is 19.1 Å². The molecular formula is C16H16BrClFNO. The maximum absolute atomic E-state index is 13.9. The van der Waals surface area contributed by atoms with Gasteiger partial charge in [0.2, 0.25) is 0 Å². The highest BCUT2D eigenvalue weighted by Gasteiger charge is 2.13. The van der Waals surface area contributed by atoms with Crippen molar-refractivity contribution in [3.8, 4) is 11.5 Å². The number of nitrogens with two attached hydrogens (primary N) is 1. The van der Waals surface area contributed by atoms with Gasteiger partial charge in [-0.05, 0) is 48.7 Å². The van der Waals surface area contributed by atoms with Gasteiger partial charge in [-0.25, -0.2) is 4.39 Å². The average Bonchev–Trinajstić information content (AvgIpc) is 2.46. The first-order chi connectivity index (χ1) is 10.0. The second-order valence-electron chi connectivity index (χ2n) is 4.78. The fraction of sp³-hybridized carbons (Fsp3) is 0.250. The molecule has 0 bridgehead atoms. The smallest absolute Gasteiger partial charge is 0.184 e. The van der Waals surface area contributed by atoms with Crippen LogP contribution in [-0.4, -0.2) is 6.04 Å². The van der Waals surface area contributed by atoms with Crippen LogP contribution in [0, 0.1) is 5.82 Å². The van der Waals surface area contributed by atoms with Crippen LogP contribution in [0.25, 0.3) is 0 Å². The molecule has 0 saturated carbocycles. The van der Waals surface area contributed by atoms with E-state index < -0.39 is 5.82 Å². The molecule has 0 radical (unpaired) electrons. The predicted molar refractivity (Wildman–Crippen MR) is 87.6 cm³/mol. The summed E-state index contributed by atoms with van der Waals surface area (Å²) in [5, 5.41) is 0.0384. The molecule has 0 aliphatic carbocycles. The van der Waals surface area contributed by atoms with Crippen molar-refractivity contribution in [1.29, 1.82) is 0 Å². The summed E-state index contributed by atoms with van der Waals surface area (Å²) in [4.78, 5) is 0. The van der Waals surface area contributed by atoms with Crippen molar-refractivity contribution in [1.82, 2.24) is 0 Å². The van der Waals surface area contributed by atoms with Crippen molar-refractivity contribution in [2.45, 2.75) is 25.8 Å². The Balaban J connectivity index is 2.33. The van der Waals surface area contributed by atoms with E-state index in [4.69, 9.17) is 22.1 Å². The van der Waals surface area contributed by atoms with Crippen LogP contribution in [0.1, 0.15) is 18.9 Å². The molecule has 2 nitrogen and oxygen atoms in total. The van der Waals surface area contributed by atoms with Gasteiger partial charge in [-0.2, -0.15) is 0 Å². The lowest BCUT2D eigenvalue weighted by Crippen LogP contribution is -2.21. The van der Waals surface area contributed by atoms with Crippen molar-refractivity contribution >= 4 is 27.5 Å². The molecule has 0 saturated heterocycles. The third-order valence-electron chi connectivity index (χ3n) is 3.17. The Bertz CT molecular complexity index is 636. The Labute approximate surface area is 137 Å². The van der Waals surface area contributed by atoms with Crippen LogP contribution in [0.2, 0.25) is 5.02 Å². The monoisotopic (exact) mass is 371 g/mol. The lowest BCUT2D eigenvalue weighted by molar-refractivity contribution is 0.435. The van der Waals surface area contributed by atoms with E-state index in [0.717, 1.165) is 16.5 Å². The van der Waals surface area contributed by atoms with Gasteiger partial charge in [-0.1, -0.05) is 40.5 Å². The Morgan fingerprint density at radius 2 is 2.05 bits per heavy atom. The summed E-state index contributed by atoms with van der Waals surface area (Å²) in [6.45, 7) is 2.03. The molecule has 112 valence electrons. The minimum absolute atomic E-state index is 0.0332. The molecule has 2 aromatic carbocycles. The molecule has 2 N–H and O–H groups in total. The molecule has 2 aromatic rings. The van der Waals surface area contributed by atoms with Crippen LogP contribution in [-0.2, 0) is 6.42 Å². The minimum atomic E-state index is -0.562.